The van der Waals surface area contributed by atoms with Crippen LogP contribution in [0.15, 0.2) is 27.8 Å². The number of methoxy groups -OCH3 is 1. The first-order chi connectivity index (χ1) is 12.8. The minimum Gasteiger partial charge on any atom is -0.469 e. The number of guanidine groups is 1. The predicted octanol–water partition coefficient (Wildman–Crippen LogP) is 1.69. The van der Waals surface area contributed by atoms with E-state index in [1.807, 2.05) is 12.1 Å². The number of hydrogen-bond donors (Lipinski definition) is 1. The molecule has 0 aliphatic carbocycles. The van der Waals surface area contributed by atoms with Gasteiger partial charge >= 0.3 is 5.97 Å². The third-order valence-corrected chi connectivity index (χ3v) is 5.09. The molecule has 1 aromatic heterocycles. The molecule has 0 spiro atoms. The fraction of sp³-hybridized carbons (Fsp3) is 0.684. The van der Waals surface area contributed by atoms with Crippen LogP contribution in [-0.2, 0) is 20.7 Å². The second-order valence-corrected chi connectivity index (χ2v) is 6.93. The Morgan fingerprint density at radius 1 is 1.38 bits per heavy atom. The van der Waals surface area contributed by atoms with Crippen molar-refractivity contribution in [3.8, 4) is 0 Å². The summed E-state index contributed by atoms with van der Waals surface area (Å²) in [7, 11) is 1.46. The largest absolute Gasteiger partial charge is 0.469 e. The molecule has 2 fully saturated rings. The molecule has 7 nitrogen and oxygen atoms in total. The van der Waals surface area contributed by atoms with Crippen LogP contribution in [0, 0.1) is 11.8 Å². The number of aliphatic imine (C=N–C) groups is 1. The van der Waals surface area contributed by atoms with Crippen LogP contribution in [0.1, 0.15) is 25.0 Å². The standard InChI is InChI=1S/C19H29N3O4/c1-24-18(23)16-5-9-22(10-6-16)19(21-13-15-7-12-25-14-15)20-8-4-17-3-2-11-26-17/h2-3,11,15-16H,4-10,12-14H2,1H3,(H,20,21). The molecule has 1 atom stereocenters. The SMILES string of the molecule is COC(=O)C1CCN(C(=NCC2CCOC2)NCCc2ccco2)CC1. The average Bonchev–Trinajstić information content (AvgIpc) is 3.38. The first kappa shape index (κ1) is 18.8. The Kier molecular flexibility index (Phi) is 6.94. The Labute approximate surface area is 154 Å². The average molecular weight is 363 g/mol. The molecule has 1 aromatic rings. The van der Waals surface area contributed by atoms with E-state index in [0.717, 1.165) is 76.8 Å². The minimum absolute atomic E-state index is 0.00357. The van der Waals surface area contributed by atoms with E-state index in [1.54, 1.807) is 6.26 Å². The lowest BCUT2D eigenvalue weighted by atomic mass is 9.97. The fourth-order valence-electron chi connectivity index (χ4n) is 3.46. The molecule has 3 rings (SSSR count). The second kappa shape index (κ2) is 9.62. The van der Waals surface area contributed by atoms with E-state index < -0.39 is 0 Å². The van der Waals surface area contributed by atoms with E-state index in [-0.39, 0.29) is 11.9 Å². The van der Waals surface area contributed by atoms with Crippen molar-refractivity contribution in [2.75, 3.05) is 46.5 Å². The normalized spacial score (nSPS) is 21.8. The number of carbonyl (C=O) groups is 1. The molecule has 0 aromatic carbocycles. The molecule has 0 bridgehead atoms. The van der Waals surface area contributed by atoms with Crippen LogP contribution >= 0.6 is 0 Å². The molecule has 2 aliphatic heterocycles. The van der Waals surface area contributed by atoms with Crippen LogP contribution in [0.2, 0.25) is 0 Å². The zero-order valence-corrected chi connectivity index (χ0v) is 15.5. The van der Waals surface area contributed by atoms with Gasteiger partial charge in [0.05, 0.1) is 25.9 Å². The van der Waals surface area contributed by atoms with E-state index in [4.69, 9.17) is 18.9 Å². The molecule has 1 N–H and O–H groups in total. The Morgan fingerprint density at radius 3 is 2.88 bits per heavy atom. The summed E-state index contributed by atoms with van der Waals surface area (Å²) in [6.45, 7) is 4.81. The van der Waals surface area contributed by atoms with Crippen molar-refractivity contribution in [3.63, 3.8) is 0 Å². The van der Waals surface area contributed by atoms with Crippen molar-refractivity contribution in [1.29, 1.82) is 0 Å². The Bertz CT molecular complexity index is 574. The van der Waals surface area contributed by atoms with Crippen molar-refractivity contribution in [1.82, 2.24) is 10.2 Å². The smallest absolute Gasteiger partial charge is 0.308 e. The van der Waals surface area contributed by atoms with Crippen molar-refractivity contribution in [2.45, 2.75) is 25.7 Å². The number of piperidine rings is 1. The Hall–Kier alpha value is -2.02. The number of likely N-dealkylation sites (tertiary alicyclic amines) is 1. The highest BCUT2D eigenvalue weighted by molar-refractivity contribution is 5.80. The summed E-state index contributed by atoms with van der Waals surface area (Å²) in [5, 5.41) is 3.47. The first-order valence-electron chi connectivity index (χ1n) is 9.47. The summed E-state index contributed by atoms with van der Waals surface area (Å²) >= 11 is 0. The van der Waals surface area contributed by atoms with E-state index in [1.165, 1.54) is 7.11 Å². The topological polar surface area (TPSA) is 76.3 Å². The number of carbonyl (C=O) groups excluding carboxylic acids is 1. The Balaban J connectivity index is 1.54. The van der Waals surface area contributed by atoms with Gasteiger partial charge in [-0.3, -0.25) is 9.79 Å². The first-order valence-corrected chi connectivity index (χ1v) is 9.47. The molecule has 144 valence electrons. The summed E-state index contributed by atoms with van der Waals surface area (Å²) in [5.41, 5.74) is 0. The molecule has 0 amide bonds. The molecular weight excluding hydrogens is 334 g/mol. The third-order valence-electron chi connectivity index (χ3n) is 5.09. The van der Waals surface area contributed by atoms with Gasteiger partial charge in [-0.2, -0.15) is 0 Å². The van der Waals surface area contributed by atoms with Crippen LogP contribution in [0.25, 0.3) is 0 Å². The van der Waals surface area contributed by atoms with Gasteiger partial charge in [-0.1, -0.05) is 0 Å². The maximum absolute atomic E-state index is 11.7. The van der Waals surface area contributed by atoms with Crippen molar-refractivity contribution in [2.24, 2.45) is 16.8 Å². The highest BCUT2D eigenvalue weighted by atomic mass is 16.5. The van der Waals surface area contributed by atoms with E-state index in [0.29, 0.717) is 5.92 Å². The number of ether oxygens (including phenoxy) is 2. The second-order valence-electron chi connectivity index (χ2n) is 6.93. The van der Waals surface area contributed by atoms with Gasteiger partial charge in [0.25, 0.3) is 0 Å². The molecule has 3 heterocycles. The maximum atomic E-state index is 11.7. The van der Waals surface area contributed by atoms with Crippen LogP contribution in [-0.4, -0.2) is 63.3 Å². The van der Waals surface area contributed by atoms with E-state index >= 15 is 0 Å². The number of nitrogens with zero attached hydrogens (tertiary/aromatic N) is 2. The van der Waals surface area contributed by atoms with Crippen LogP contribution in [0.3, 0.4) is 0 Å². The Morgan fingerprint density at radius 2 is 2.23 bits per heavy atom. The molecule has 26 heavy (non-hydrogen) atoms. The summed E-state index contributed by atoms with van der Waals surface area (Å²) < 4.78 is 15.7. The van der Waals surface area contributed by atoms with Gasteiger partial charge in [0.15, 0.2) is 5.96 Å². The molecular formula is C19H29N3O4. The molecule has 2 saturated heterocycles. The van der Waals surface area contributed by atoms with Crippen LogP contribution in [0.5, 0.6) is 0 Å². The summed E-state index contributed by atoms with van der Waals surface area (Å²) in [4.78, 5) is 18.8. The summed E-state index contributed by atoms with van der Waals surface area (Å²) in [6, 6.07) is 3.89. The minimum atomic E-state index is -0.1000. The lowest BCUT2D eigenvalue weighted by Crippen LogP contribution is -2.47. The van der Waals surface area contributed by atoms with Gasteiger partial charge in [0.2, 0.25) is 0 Å². The third kappa shape index (κ3) is 5.24. The summed E-state index contributed by atoms with van der Waals surface area (Å²) in [5.74, 6) is 2.29. The quantitative estimate of drug-likeness (QED) is 0.471. The molecule has 2 aliphatic rings. The van der Waals surface area contributed by atoms with E-state index in [9.17, 15) is 4.79 Å². The molecule has 1 unspecified atom stereocenters. The number of nitrogens with one attached hydrogen (secondary N) is 1. The summed E-state index contributed by atoms with van der Waals surface area (Å²) in [6.07, 6.45) is 5.20. The van der Waals surface area contributed by atoms with Gasteiger partial charge in [0, 0.05) is 45.1 Å². The van der Waals surface area contributed by atoms with Gasteiger partial charge < -0.3 is 24.1 Å². The van der Waals surface area contributed by atoms with Crippen LogP contribution < -0.4 is 5.32 Å². The van der Waals surface area contributed by atoms with Crippen molar-refractivity contribution < 1.29 is 18.7 Å². The van der Waals surface area contributed by atoms with Gasteiger partial charge in [0.1, 0.15) is 5.76 Å². The highest BCUT2D eigenvalue weighted by Crippen LogP contribution is 2.19. The molecule has 0 radical (unpaired) electrons. The lowest BCUT2D eigenvalue weighted by molar-refractivity contribution is -0.146. The number of rotatable bonds is 6. The lowest BCUT2D eigenvalue weighted by Gasteiger charge is -2.33. The number of furan rings is 1. The van der Waals surface area contributed by atoms with Crippen molar-refractivity contribution in [3.05, 3.63) is 24.2 Å². The zero-order valence-electron chi connectivity index (χ0n) is 15.5. The van der Waals surface area contributed by atoms with Gasteiger partial charge in [-0.05, 0) is 31.4 Å². The number of hydrogen-bond acceptors (Lipinski definition) is 5. The fourth-order valence-corrected chi connectivity index (χ4v) is 3.46. The van der Waals surface area contributed by atoms with Gasteiger partial charge in [-0.25, -0.2) is 0 Å². The van der Waals surface area contributed by atoms with Crippen molar-refractivity contribution >= 4 is 11.9 Å². The maximum Gasteiger partial charge on any atom is 0.308 e. The zero-order chi connectivity index (χ0) is 18.2. The number of esters is 1. The highest BCUT2D eigenvalue weighted by Gasteiger charge is 2.27. The van der Waals surface area contributed by atoms with Gasteiger partial charge in [-0.15, -0.1) is 0 Å². The molecule has 7 heteroatoms. The monoisotopic (exact) mass is 363 g/mol. The van der Waals surface area contributed by atoms with E-state index in [2.05, 4.69) is 10.2 Å². The predicted molar refractivity (Wildman–Crippen MR) is 98.0 cm³/mol. The van der Waals surface area contributed by atoms with Crippen LogP contribution in [0.4, 0.5) is 0 Å². The molecule has 0 saturated carbocycles.